The lowest BCUT2D eigenvalue weighted by molar-refractivity contribution is 0.594. The normalized spacial score (nSPS) is 14.6. The Labute approximate surface area is 118 Å². The first-order chi connectivity index (χ1) is 9.33. The Morgan fingerprint density at radius 1 is 1.11 bits per heavy atom. The molecule has 106 valence electrons. The van der Waals surface area contributed by atoms with Crippen LogP contribution in [0, 0.1) is 5.92 Å². The van der Waals surface area contributed by atoms with Crippen molar-refractivity contribution in [2.24, 2.45) is 5.92 Å². The van der Waals surface area contributed by atoms with E-state index in [1.54, 1.807) is 0 Å². The minimum atomic E-state index is 1.00. The molecule has 0 aromatic heterocycles. The molecule has 0 aliphatic heterocycles. The van der Waals surface area contributed by atoms with Crippen LogP contribution in [0.3, 0.4) is 0 Å². The summed E-state index contributed by atoms with van der Waals surface area (Å²) in [5.41, 5.74) is 2.73. The molecule has 0 amide bonds. The predicted molar refractivity (Wildman–Crippen MR) is 83.7 cm³/mol. The van der Waals surface area contributed by atoms with Gasteiger partial charge in [-0.2, -0.15) is 0 Å². The predicted octanol–water partition coefficient (Wildman–Crippen LogP) is 3.81. The van der Waals surface area contributed by atoms with E-state index >= 15 is 0 Å². The molecule has 0 atom stereocenters. The molecule has 1 aliphatic rings. The third-order valence-electron chi connectivity index (χ3n) is 4.06. The fourth-order valence-corrected chi connectivity index (χ4v) is 2.57. The Morgan fingerprint density at radius 2 is 1.79 bits per heavy atom. The molecule has 2 rings (SSSR count). The molecule has 1 aromatic rings. The number of benzene rings is 1. The average molecular weight is 260 g/mol. The van der Waals surface area contributed by atoms with Gasteiger partial charge in [0, 0.05) is 25.3 Å². The standard InChI is InChI=1S/C17H28N2/c1-3-19(4-2)17-11-9-16(10-12-17)14-18-13-5-6-15-7-8-15/h9-12,15,18H,3-8,13-14H2,1-2H3. The van der Waals surface area contributed by atoms with Crippen molar-refractivity contribution in [3.8, 4) is 0 Å². The highest BCUT2D eigenvalue weighted by Gasteiger charge is 2.19. The number of rotatable bonds is 9. The highest BCUT2D eigenvalue weighted by molar-refractivity contribution is 5.47. The van der Waals surface area contributed by atoms with Crippen LogP contribution < -0.4 is 10.2 Å². The maximum Gasteiger partial charge on any atom is 0.0366 e. The van der Waals surface area contributed by atoms with E-state index in [0.717, 1.165) is 32.1 Å². The summed E-state index contributed by atoms with van der Waals surface area (Å²) in [7, 11) is 0. The summed E-state index contributed by atoms with van der Waals surface area (Å²) in [5, 5.41) is 3.55. The molecule has 0 bridgehead atoms. The highest BCUT2D eigenvalue weighted by Crippen LogP contribution is 2.33. The first kappa shape index (κ1) is 14.4. The van der Waals surface area contributed by atoms with E-state index < -0.39 is 0 Å². The van der Waals surface area contributed by atoms with E-state index in [-0.39, 0.29) is 0 Å². The van der Waals surface area contributed by atoms with Gasteiger partial charge in [-0.1, -0.05) is 25.0 Å². The molecule has 0 heterocycles. The zero-order valence-electron chi connectivity index (χ0n) is 12.5. The molecule has 0 saturated heterocycles. The molecule has 19 heavy (non-hydrogen) atoms. The molecule has 1 aromatic carbocycles. The minimum absolute atomic E-state index is 1.00. The third-order valence-corrected chi connectivity index (χ3v) is 4.06. The van der Waals surface area contributed by atoms with Gasteiger partial charge in [0.25, 0.3) is 0 Å². The van der Waals surface area contributed by atoms with Crippen LogP contribution in [0.4, 0.5) is 5.69 Å². The van der Waals surface area contributed by atoms with Crippen molar-refractivity contribution in [1.29, 1.82) is 0 Å². The first-order valence-electron chi connectivity index (χ1n) is 7.88. The van der Waals surface area contributed by atoms with Crippen LogP contribution in [0.1, 0.15) is 45.1 Å². The van der Waals surface area contributed by atoms with Gasteiger partial charge < -0.3 is 10.2 Å². The number of hydrogen-bond acceptors (Lipinski definition) is 2. The van der Waals surface area contributed by atoms with Gasteiger partial charge >= 0.3 is 0 Å². The van der Waals surface area contributed by atoms with E-state index in [0.29, 0.717) is 0 Å². The van der Waals surface area contributed by atoms with Crippen molar-refractivity contribution < 1.29 is 0 Å². The SMILES string of the molecule is CCN(CC)c1ccc(CNCCCC2CC2)cc1. The van der Waals surface area contributed by atoms with E-state index in [1.807, 2.05) is 0 Å². The van der Waals surface area contributed by atoms with Gasteiger partial charge in [0.2, 0.25) is 0 Å². The smallest absolute Gasteiger partial charge is 0.0366 e. The molecule has 1 saturated carbocycles. The molecule has 0 spiro atoms. The zero-order chi connectivity index (χ0) is 13.5. The van der Waals surface area contributed by atoms with Gasteiger partial charge in [-0.25, -0.2) is 0 Å². The van der Waals surface area contributed by atoms with Crippen LogP contribution in [-0.4, -0.2) is 19.6 Å². The summed E-state index contributed by atoms with van der Waals surface area (Å²) in [4.78, 5) is 2.38. The Morgan fingerprint density at radius 3 is 2.37 bits per heavy atom. The number of anilines is 1. The van der Waals surface area contributed by atoms with Crippen LogP contribution in [0.25, 0.3) is 0 Å². The highest BCUT2D eigenvalue weighted by atomic mass is 15.1. The van der Waals surface area contributed by atoms with Crippen molar-refractivity contribution in [3.63, 3.8) is 0 Å². The summed E-state index contributed by atoms with van der Waals surface area (Å²) in [6.07, 6.45) is 5.72. The zero-order valence-corrected chi connectivity index (χ0v) is 12.5. The van der Waals surface area contributed by atoms with Gasteiger partial charge in [-0.15, -0.1) is 0 Å². The summed E-state index contributed by atoms with van der Waals surface area (Å²) >= 11 is 0. The number of nitrogens with one attached hydrogen (secondary N) is 1. The second-order valence-corrected chi connectivity index (χ2v) is 5.60. The quantitative estimate of drug-likeness (QED) is 0.679. The van der Waals surface area contributed by atoms with Crippen molar-refractivity contribution >= 4 is 5.69 Å². The Balaban J connectivity index is 1.68. The Kier molecular flexibility index (Phi) is 5.71. The van der Waals surface area contributed by atoms with Gasteiger partial charge in [0.1, 0.15) is 0 Å². The van der Waals surface area contributed by atoms with Crippen LogP contribution in [0.2, 0.25) is 0 Å². The average Bonchev–Trinajstić information content (AvgIpc) is 3.25. The largest absolute Gasteiger partial charge is 0.372 e. The van der Waals surface area contributed by atoms with E-state index in [1.165, 1.54) is 36.9 Å². The lowest BCUT2D eigenvalue weighted by Crippen LogP contribution is -2.21. The maximum atomic E-state index is 3.55. The number of hydrogen-bond donors (Lipinski definition) is 1. The Bertz CT molecular complexity index is 350. The van der Waals surface area contributed by atoms with E-state index in [9.17, 15) is 0 Å². The Hall–Kier alpha value is -1.02. The molecule has 1 aliphatic carbocycles. The van der Waals surface area contributed by atoms with Crippen molar-refractivity contribution in [2.75, 3.05) is 24.5 Å². The lowest BCUT2D eigenvalue weighted by Gasteiger charge is -2.21. The van der Waals surface area contributed by atoms with Crippen LogP contribution in [0.5, 0.6) is 0 Å². The van der Waals surface area contributed by atoms with Gasteiger partial charge in [0.05, 0.1) is 0 Å². The minimum Gasteiger partial charge on any atom is -0.372 e. The summed E-state index contributed by atoms with van der Waals surface area (Å²) in [6.45, 7) is 8.74. The fourth-order valence-electron chi connectivity index (χ4n) is 2.57. The summed E-state index contributed by atoms with van der Waals surface area (Å²) in [5.74, 6) is 1.06. The second kappa shape index (κ2) is 7.54. The maximum absolute atomic E-state index is 3.55. The van der Waals surface area contributed by atoms with Crippen molar-refractivity contribution in [3.05, 3.63) is 29.8 Å². The van der Waals surface area contributed by atoms with Crippen LogP contribution >= 0.6 is 0 Å². The van der Waals surface area contributed by atoms with Crippen LogP contribution in [0.15, 0.2) is 24.3 Å². The molecule has 1 N–H and O–H groups in total. The monoisotopic (exact) mass is 260 g/mol. The second-order valence-electron chi connectivity index (χ2n) is 5.60. The van der Waals surface area contributed by atoms with Crippen LogP contribution in [-0.2, 0) is 6.54 Å². The number of nitrogens with zero attached hydrogens (tertiary/aromatic N) is 1. The van der Waals surface area contributed by atoms with Gasteiger partial charge in [-0.3, -0.25) is 0 Å². The summed E-state index contributed by atoms with van der Waals surface area (Å²) in [6, 6.07) is 8.99. The molecule has 2 nitrogen and oxygen atoms in total. The topological polar surface area (TPSA) is 15.3 Å². The van der Waals surface area contributed by atoms with E-state index in [2.05, 4.69) is 48.3 Å². The van der Waals surface area contributed by atoms with Gasteiger partial charge in [-0.05, 0) is 56.8 Å². The summed E-state index contributed by atoms with van der Waals surface area (Å²) < 4.78 is 0. The van der Waals surface area contributed by atoms with Gasteiger partial charge in [0.15, 0.2) is 0 Å². The molecule has 0 unspecified atom stereocenters. The lowest BCUT2D eigenvalue weighted by atomic mass is 10.2. The molecule has 0 radical (unpaired) electrons. The van der Waals surface area contributed by atoms with Crippen molar-refractivity contribution in [2.45, 2.75) is 46.1 Å². The molecular weight excluding hydrogens is 232 g/mol. The third kappa shape index (κ3) is 4.87. The van der Waals surface area contributed by atoms with E-state index in [4.69, 9.17) is 0 Å². The van der Waals surface area contributed by atoms with Crippen molar-refractivity contribution in [1.82, 2.24) is 5.32 Å². The molecule has 2 heteroatoms. The molecule has 1 fully saturated rings. The first-order valence-corrected chi connectivity index (χ1v) is 7.88. The molecular formula is C17H28N2. The fraction of sp³-hybridized carbons (Fsp3) is 0.647.